The highest BCUT2D eigenvalue weighted by atomic mass is 14.2. The van der Waals surface area contributed by atoms with Crippen LogP contribution in [0, 0.1) is 17.4 Å². The second-order valence-corrected chi connectivity index (χ2v) is 2.80. The quantitative estimate of drug-likeness (QED) is 0.594. The summed E-state index contributed by atoms with van der Waals surface area (Å²) in [6, 6.07) is 10.6. The van der Waals surface area contributed by atoms with Crippen molar-refractivity contribution in [3.63, 3.8) is 0 Å². The molecule has 0 aliphatic carbocycles. The Balaban J connectivity index is 3.03. The first-order valence-electron chi connectivity index (χ1n) is 3.66. The molecule has 0 amide bonds. The van der Waals surface area contributed by atoms with Gasteiger partial charge in [0.2, 0.25) is 0 Å². The van der Waals surface area contributed by atoms with Gasteiger partial charge >= 0.3 is 0 Å². The van der Waals surface area contributed by atoms with Crippen LogP contribution in [0.1, 0.15) is 30.9 Å². The van der Waals surface area contributed by atoms with Gasteiger partial charge in [-0.05, 0) is 29.7 Å². The highest BCUT2D eigenvalue weighted by Crippen LogP contribution is 2.13. The molecule has 0 aromatic heterocycles. The molecule has 1 aromatic carbocycles. The summed E-state index contributed by atoms with van der Waals surface area (Å²) in [6.45, 7) is 4.18. The third kappa shape index (κ3) is 1.81. The Morgan fingerprint density at radius 1 is 1.55 bits per heavy atom. The molecule has 0 N–H and O–H groups in total. The average Bonchev–Trinajstić information content (AvgIpc) is 2.05. The molecule has 0 saturated carbocycles. The van der Waals surface area contributed by atoms with Crippen molar-refractivity contribution in [2.45, 2.75) is 19.8 Å². The molecule has 0 heterocycles. The van der Waals surface area contributed by atoms with Crippen LogP contribution >= 0.6 is 0 Å². The SMILES string of the molecule is CC(C)c1[c]ccc(C#N)c1. The van der Waals surface area contributed by atoms with Crippen molar-refractivity contribution < 1.29 is 0 Å². The molecule has 0 bridgehead atoms. The Bertz CT molecular complexity index is 281. The molecule has 1 radical (unpaired) electrons. The van der Waals surface area contributed by atoms with E-state index in [4.69, 9.17) is 5.26 Å². The fourth-order valence-corrected chi connectivity index (χ4v) is 0.888. The molecule has 1 nitrogen and oxygen atoms in total. The second-order valence-electron chi connectivity index (χ2n) is 2.80. The van der Waals surface area contributed by atoms with Crippen LogP contribution in [0.3, 0.4) is 0 Å². The van der Waals surface area contributed by atoms with Crippen molar-refractivity contribution in [2.24, 2.45) is 0 Å². The molecule has 11 heavy (non-hydrogen) atoms. The van der Waals surface area contributed by atoms with Gasteiger partial charge < -0.3 is 0 Å². The monoisotopic (exact) mass is 144 g/mol. The van der Waals surface area contributed by atoms with Crippen LogP contribution in [0.2, 0.25) is 0 Å². The summed E-state index contributed by atoms with van der Waals surface area (Å²) < 4.78 is 0. The largest absolute Gasteiger partial charge is 0.192 e. The lowest BCUT2D eigenvalue weighted by molar-refractivity contribution is 0.864. The van der Waals surface area contributed by atoms with Gasteiger partial charge in [-0.3, -0.25) is 0 Å². The van der Waals surface area contributed by atoms with Crippen LogP contribution in [-0.2, 0) is 0 Å². The Morgan fingerprint density at radius 3 is 2.82 bits per heavy atom. The summed E-state index contributed by atoms with van der Waals surface area (Å²) in [4.78, 5) is 0. The summed E-state index contributed by atoms with van der Waals surface area (Å²) in [7, 11) is 0. The first kappa shape index (κ1) is 7.81. The molecular weight excluding hydrogens is 134 g/mol. The standard InChI is InChI=1S/C10H10N/c1-8(2)10-5-3-4-9(6-10)7-11/h3-4,6,8H,1-2H3. The van der Waals surface area contributed by atoms with E-state index in [-0.39, 0.29) is 0 Å². The van der Waals surface area contributed by atoms with Gasteiger partial charge in [0.25, 0.3) is 0 Å². The van der Waals surface area contributed by atoms with E-state index in [0.717, 1.165) is 5.56 Å². The summed E-state index contributed by atoms with van der Waals surface area (Å²) in [5.41, 5.74) is 1.82. The van der Waals surface area contributed by atoms with E-state index in [0.29, 0.717) is 11.5 Å². The fourth-order valence-electron chi connectivity index (χ4n) is 0.888. The van der Waals surface area contributed by atoms with Crippen LogP contribution in [0.15, 0.2) is 18.2 Å². The van der Waals surface area contributed by atoms with Crippen LogP contribution in [0.4, 0.5) is 0 Å². The maximum atomic E-state index is 8.58. The van der Waals surface area contributed by atoms with Gasteiger partial charge in [-0.15, -0.1) is 0 Å². The van der Waals surface area contributed by atoms with Crippen molar-refractivity contribution in [1.29, 1.82) is 5.26 Å². The van der Waals surface area contributed by atoms with E-state index in [1.807, 2.05) is 6.07 Å². The minimum Gasteiger partial charge on any atom is -0.192 e. The lowest BCUT2D eigenvalue weighted by atomic mass is 10.0. The van der Waals surface area contributed by atoms with Crippen molar-refractivity contribution in [2.75, 3.05) is 0 Å². The third-order valence-electron chi connectivity index (χ3n) is 1.58. The van der Waals surface area contributed by atoms with Gasteiger partial charge in [0.15, 0.2) is 0 Å². The molecule has 0 aliphatic rings. The van der Waals surface area contributed by atoms with E-state index < -0.39 is 0 Å². The number of nitriles is 1. The molecule has 0 aliphatic heterocycles. The molecule has 1 rings (SSSR count). The van der Waals surface area contributed by atoms with Crippen molar-refractivity contribution in [1.82, 2.24) is 0 Å². The number of benzene rings is 1. The van der Waals surface area contributed by atoms with Crippen molar-refractivity contribution >= 4 is 0 Å². The highest BCUT2D eigenvalue weighted by molar-refractivity contribution is 5.33. The van der Waals surface area contributed by atoms with Crippen LogP contribution in [0.5, 0.6) is 0 Å². The number of hydrogen-bond donors (Lipinski definition) is 0. The maximum Gasteiger partial charge on any atom is 0.0991 e. The zero-order valence-corrected chi connectivity index (χ0v) is 6.76. The molecular formula is C10H10N. The Hall–Kier alpha value is -1.29. The number of rotatable bonds is 1. The molecule has 1 heteroatoms. The van der Waals surface area contributed by atoms with Crippen LogP contribution < -0.4 is 0 Å². The summed E-state index contributed by atoms with van der Waals surface area (Å²) >= 11 is 0. The van der Waals surface area contributed by atoms with Gasteiger partial charge in [0.1, 0.15) is 0 Å². The molecule has 0 unspecified atom stereocenters. The minimum atomic E-state index is 0.447. The van der Waals surface area contributed by atoms with Gasteiger partial charge in [-0.25, -0.2) is 0 Å². The normalized spacial score (nSPS) is 9.64. The van der Waals surface area contributed by atoms with Crippen LogP contribution in [-0.4, -0.2) is 0 Å². The molecule has 0 saturated heterocycles. The summed E-state index contributed by atoms with van der Waals surface area (Å²) in [5, 5.41) is 8.58. The van der Waals surface area contributed by atoms with E-state index in [9.17, 15) is 0 Å². The lowest BCUT2D eigenvalue weighted by Gasteiger charge is -2.02. The number of nitrogens with zero attached hydrogens (tertiary/aromatic N) is 1. The van der Waals surface area contributed by atoms with Gasteiger partial charge in [-0.2, -0.15) is 5.26 Å². The molecule has 0 fully saturated rings. The predicted octanol–water partition coefficient (Wildman–Crippen LogP) is 2.48. The summed E-state index contributed by atoms with van der Waals surface area (Å²) in [5.74, 6) is 0.447. The smallest absolute Gasteiger partial charge is 0.0991 e. The van der Waals surface area contributed by atoms with E-state index in [2.05, 4.69) is 26.0 Å². The van der Waals surface area contributed by atoms with Gasteiger partial charge in [0.05, 0.1) is 11.6 Å². The average molecular weight is 144 g/mol. The van der Waals surface area contributed by atoms with Gasteiger partial charge in [-0.1, -0.05) is 19.9 Å². The predicted molar refractivity (Wildman–Crippen MR) is 44.1 cm³/mol. The lowest BCUT2D eigenvalue weighted by Crippen LogP contribution is -1.87. The zero-order valence-electron chi connectivity index (χ0n) is 6.76. The zero-order chi connectivity index (χ0) is 8.27. The molecule has 1 aromatic rings. The maximum absolute atomic E-state index is 8.58. The minimum absolute atomic E-state index is 0.447. The van der Waals surface area contributed by atoms with E-state index in [1.165, 1.54) is 0 Å². The number of hydrogen-bond acceptors (Lipinski definition) is 1. The van der Waals surface area contributed by atoms with Gasteiger partial charge in [0, 0.05) is 0 Å². The topological polar surface area (TPSA) is 23.8 Å². The Labute approximate surface area is 67.3 Å². The Kier molecular flexibility index (Phi) is 2.28. The molecule has 0 spiro atoms. The Morgan fingerprint density at radius 2 is 2.27 bits per heavy atom. The third-order valence-corrected chi connectivity index (χ3v) is 1.58. The second kappa shape index (κ2) is 3.21. The van der Waals surface area contributed by atoms with E-state index >= 15 is 0 Å². The fraction of sp³-hybridized carbons (Fsp3) is 0.300. The molecule has 55 valence electrons. The first-order valence-corrected chi connectivity index (χ1v) is 3.66. The highest BCUT2D eigenvalue weighted by Gasteiger charge is 1.98. The molecule has 0 atom stereocenters. The van der Waals surface area contributed by atoms with Crippen molar-refractivity contribution in [3.8, 4) is 6.07 Å². The first-order chi connectivity index (χ1) is 5.24. The van der Waals surface area contributed by atoms with E-state index in [1.54, 1.807) is 12.1 Å². The summed E-state index contributed by atoms with van der Waals surface area (Å²) in [6.07, 6.45) is 0. The van der Waals surface area contributed by atoms with Crippen LogP contribution in [0.25, 0.3) is 0 Å². The van der Waals surface area contributed by atoms with Crippen molar-refractivity contribution in [3.05, 3.63) is 35.4 Å².